The van der Waals surface area contributed by atoms with Crippen LogP contribution in [-0.2, 0) is 13.9 Å². The van der Waals surface area contributed by atoms with Crippen LogP contribution in [0, 0.1) is 0 Å². The predicted molar refractivity (Wildman–Crippen MR) is 46.3 cm³/mol. The molecule has 0 aliphatic carbocycles. The molecule has 0 radical (unpaired) electrons. The number of likely N-dealkylation sites (N-methyl/N-ethyl adjacent to an activating group) is 1. The van der Waals surface area contributed by atoms with Gasteiger partial charge in [0, 0.05) is 7.05 Å². The van der Waals surface area contributed by atoms with Gasteiger partial charge in [0.2, 0.25) is 0 Å². The van der Waals surface area contributed by atoms with E-state index < -0.39 is 19.7 Å². The van der Waals surface area contributed by atoms with Gasteiger partial charge in [-0.2, -0.15) is 4.67 Å². The molecule has 0 aromatic carbocycles. The largest absolute Gasteiger partial charge is 0.443 e. The molecule has 1 unspecified atom stereocenters. The molecule has 1 aliphatic heterocycles. The monoisotopic (exact) mass is 222 g/mol. The molecule has 1 rings (SSSR count). The number of carbonyl (C=O) groups is 2. The molecular weight excluding hydrogens is 211 g/mol. The minimum atomic E-state index is -4.30. The maximum Gasteiger partial charge on any atom is 0.443 e. The third-order valence-corrected chi connectivity index (χ3v) is 3.16. The van der Waals surface area contributed by atoms with E-state index >= 15 is 0 Å². The SMILES string of the molecule is CCOP(=O)(O)N1C(=O)CN(C)C1=O. The first-order valence-electron chi connectivity index (χ1n) is 3.96. The highest BCUT2D eigenvalue weighted by Gasteiger charge is 2.46. The molecule has 1 N–H and O–H groups in total. The molecule has 0 aromatic rings. The number of hydrogen-bond donors (Lipinski definition) is 1. The Balaban J connectivity index is 2.92. The highest BCUT2D eigenvalue weighted by Crippen LogP contribution is 2.48. The lowest BCUT2D eigenvalue weighted by Gasteiger charge is -2.18. The Morgan fingerprint density at radius 3 is 2.50 bits per heavy atom. The van der Waals surface area contributed by atoms with Crippen molar-refractivity contribution in [3.05, 3.63) is 0 Å². The highest BCUT2D eigenvalue weighted by molar-refractivity contribution is 7.51. The van der Waals surface area contributed by atoms with Crippen molar-refractivity contribution in [2.75, 3.05) is 20.2 Å². The molecule has 0 aromatic heterocycles. The van der Waals surface area contributed by atoms with Crippen LogP contribution in [0.5, 0.6) is 0 Å². The maximum atomic E-state index is 11.4. The second kappa shape index (κ2) is 3.68. The molecule has 7 nitrogen and oxygen atoms in total. The number of urea groups is 1. The topological polar surface area (TPSA) is 87.2 Å². The van der Waals surface area contributed by atoms with E-state index in [1.807, 2.05) is 0 Å². The summed E-state index contributed by atoms with van der Waals surface area (Å²) in [6, 6.07) is -0.811. The zero-order valence-electron chi connectivity index (χ0n) is 7.84. The van der Waals surface area contributed by atoms with Crippen molar-refractivity contribution in [2.45, 2.75) is 6.92 Å². The first-order chi connectivity index (χ1) is 6.40. The van der Waals surface area contributed by atoms with Crippen LogP contribution in [0.4, 0.5) is 4.79 Å². The summed E-state index contributed by atoms with van der Waals surface area (Å²) >= 11 is 0. The van der Waals surface area contributed by atoms with Crippen LogP contribution in [0.2, 0.25) is 0 Å². The molecule has 8 heteroatoms. The molecule has 1 fully saturated rings. The molecule has 0 bridgehead atoms. The number of imide groups is 1. The smallest absolute Gasteiger partial charge is 0.318 e. The summed E-state index contributed by atoms with van der Waals surface area (Å²) in [6.07, 6.45) is 0. The molecule has 1 atom stereocenters. The van der Waals surface area contributed by atoms with Crippen molar-refractivity contribution in [3.8, 4) is 0 Å². The van der Waals surface area contributed by atoms with Crippen LogP contribution < -0.4 is 0 Å². The van der Waals surface area contributed by atoms with Gasteiger partial charge < -0.3 is 9.79 Å². The fourth-order valence-corrected chi connectivity index (χ4v) is 2.25. The van der Waals surface area contributed by atoms with Crippen LogP contribution in [0.1, 0.15) is 6.92 Å². The van der Waals surface area contributed by atoms with Gasteiger partial charge in [0.25, 0.3) is 5.91 Å². The Kier molecular flexibility index (Phi) is 2.94. The van der Waals surface area contributed by atoms with Gasteiger partial charge >= 0.3 is 13.8 Å². The van der Waals surface area contributed by atoms with Gasteiger partial charge in [-0.1, -0.05) is 0 Å². The Hall–Kier alpha value is -0.910. The summed E-state index contributed by atoms with van der Waals surface area (Å²) < 4.78 is 16.1. The number of hydrogen-bond acceptors (Lipinski definition) is 4. The van der Waals surface area contributed by atoms with Gasteiger partial charge in [0.05, 0.1) is 6.61 Å². The molecule has 0 saturated carbocycles. The maximum absolute atomic E-state index is 11.4. The van der Waals surface area contributed by atoms with Crippen molar-refractivity contribution in [1.82, 2.24) is 9.57 Å². The number of carbonyl (C=O) groups excluding carboxylic acids is 2. The lowest BCUT2D eigenvalue weighted by Crippen LogP contribution is -2.29. The number of rotatable bonds is 3. The van der Waals surface area contributed by atoms with E-state index in [0.29, 0.717) is 0 Å². The summed E-state index contributed by atoms with van der Waals surface area (Å²) in [5.74, 6) is -0.725. The molecule has 1 saturated heterocycles. The van der Waals surface area contributed by atoms with E-state index in [9.17, 15) is 19.0 Å². The van der Waals surface area contributed by atoms with Crippen LogP contribution >= 0.6 is 7.75 Å². The number of amides is 3. The lowest BCUT2D eigenvalue weighted by atomic mass is 10.6. The van der Waals surface area contributed by atoms with E-state index in [-0.39, 0.29) is 17.8 Å². The first-order valence-corrected chi connectivity index (χ1v) is 5.49. The summed E-state index contributed by atoms with van der Waals surface area (Å²) in [4.78, 5) is 32.7. The van der Waals surface area contributed by atoms with Crippen LogP contribution in [0.3, 0.4) is 0 Å². The molecule has 14 heavy (non-hydrogen) atoms. The normalized spacial score (nSPS) is 21.6. The molecule has 3 amide bonds. The van der Waals surface area contributed by atoms with Crippen LogP contribution in [0.15, 0.2) is 0 Å². The Morgan fingerprint density at radius 1 is 1.57 bits per heavy atom. The zero-order chi connectivity index (χ0) is 10.9. The lowest BCUT2D eigenvalue weighted by molar-refractivity contribution is -0.122. The molecular formula is C6H11N2O5P. The van der Waals surface area contributed by atoms with Crippen molar-refractivity contribution in [1.29, 1.82) is 0 Å². The van der Waals surface area contributed by atoms with E-state index in [1.54, 1.807) is 0 Å². The number of nitrogens with zero attached hydrogens (tertiary/aromatic N) is 2. The average Bonchev–Trinajstić information content (AvgIpc) is 2.26. The van der Waals surface area contributed by atoms with Gasteiger partial charge in [-0.15, -0.1) is 0 Å². The summed E-state index contributed by atoms with van der Waals surface area (Å²) in [5.41, 5.74) is 0. The Morgan fingerprint density at radius 2 is 2.14 bits per heavy atom. The standard InChI is InChI=1S/C6H11N2O5P/c1-3-13-14(11,12)8-5(9)4-7(2)6(8)10/h3-4H2,1-2H3,(H,11,12). The van der Waals surface area contributed by atoms with Gasteiger partial charge in [0.1, 0.15) is 6.54 Å². The minimum absolute atomic E-state index is 0.0471. The zero-order valence-corrected chi connectivity index (χ0v) is 8.73. The van der Waals surface area contributed by atoms with Crippen LogP contribution in [-0.4, -0.2) is 46.6 Å². The van der Waals surface area contributed by atoms with E-state index in [1.165, 1.54) is 14.0 Å². The minimum Gasteiger partial charge on any atom is -0.318 e. The quantitative estimate of drug-likeness (QED) is 0.537. The Labute approximate surface area is 80.8 Å². The summed E-state index contributed by atoms with van der Waals surface area (Å²) in [5, 5.41) is 0. The van der Waals surface area contributed by atoms with E-state index in [4.69, 9.17) is 0 Å². The fourth-order valence-electron chi connectivity index (χ4n) is 1.08. The van der Waals surface area contributed by atoms with Crippen molar-refractivity contribution >= 4 is 19.7 Å². The van der Waals surface area contributed by atoms with Crippen LogP contribution in [0.25, 0.3) is 0 Å². The highest BCUT2D eigenvalue weighted by atomic mass is 31.2. The van der Waals surface area contributed by atoms with Crippen molar-refractivity contribution in [3.63, 3.8) is 0 Å². The van der Waals surface area contributed by atoms with Crippen molar-refractivity contribution in [2.24, 2.45) is 0 Å². The third kappa shape index (κ3) is 1.79. The predicted octanol–water partition coefficient (Wildman–Crippen LogP) is 0.0173. The first kappa shape index (κ1) is 11.2. The molecule has 1 aliphatic rings. The molecule has 0 spiro atoms. The molecule has 1 heterocycles. The van der Waals surface area contributed by atoms with Crippen molar-refractivity contribution < 1.29 is 23.6 Å². The van der Waals surface area contributed by atoms with E-state index in [2.05, 4.69) is 4.52 Å². The van der Waals surface area contributed by atoms with Gasteiger partial charge in [0.15, 0.2) is 0 Å². The second-order valence-electron chi connectivity index (χ2n) is 2.75. The van der Waals surface area contributed by atoms with Gasteiger partial charge in [-0.25, -0.2) is 9.36 Å². The van der Waals surface area contributed by atoms with Gasteiger partial charge in [-0.05, 0) is 6.92 Å². The van der Waals surface area contributed by atoms with E-state index in [0.717, 1.165) is 4.90 Å². The second-order valence-corrected chi connectivity index (χ2v) is 4.39. The third-order valence-electron chi connectivity index (χ3n) is 1.67. The summed E-state index contributed by atoms with van der Waals surface area (Å²) in [6.45, 7) is 1.25. The fraction of sp³-hybridized carbons (Fsp3) is 0.667. The summed E-state index contributed by atoms with van der Waals surface area (Å²) in [7, 11) is -2.93. The molecule has 80 valence electrons. The Bertz CT molecular complexity index is 317. The van der Waals surface area contributed by atoms with Gasteiger partial charge in [-0.3, -0.25) is 9.32 Å². The average molecular weight is 222 g/mol.